The summed E-state index contributed by atoms with van der Waals surface area (Å²) in [5.74, 6) is -0.829. The molecule has 2 heterocycles. The predicted molar refractivity (Wildman–Crippen MR) is 96.6 cm³/mol. The highest BCUT2D eigenvalue weighted by Crippen LogP contribution is 2.36. The Labute approximate surface area is 165 Å². The summed E-state index contributed by atoms with van der Waals surface area (Å²) in [6, 6.07) is 6.85. The number of amides is 1. The van der Waals surface area contributed by atoms with E-state index in [-0.39, 0.29) is 0 Å². The van der Waals surface area contributed by atoms with Gasteiger partial charge >= 0.3 is 6.18 Å². The summed E-state index contributed by atoms with van der Waals surface area (Å²) in [5.41, 5.74) is -0.425. The van der Waals surface area contributed by atoms with Gasteiger partial charge in [-0.2, -0.15) is 23.4 Å². The molecular weight excluding hydrogens is 451 g/mol. The zero-order chi connectivity index (χ0) is 19.8. The second kappa shape index (κ2) is 7.35. The SMILES string of the molecule is Cn1nc(C(=O)Nc2cccc(Cn3cc(Br)cn3)c2)c(Cl)c1C(F)(F)F. The van der Waals surface area contributed by atoms with E-state index >= 15 is 0 Å². The lowest BCUT2D eigenvalue weighted by Crippen LogP contribution is -2.14. The number of hydrogen-bond acceptors (Lipinski definition) is 3. The average molecular weight is 463 g/mol. The molecule has 11 heteroatoms. The highest BCUT2D eigenvalue weighted by atomic mass is 79.9. The molecule has 0 aliphatic heterocycles. The van der Waals surface area contributed by atoms with E-state index in [0.29, 0.717) is 16.9 Å². The number of rotatable bonds is 4. The van der Waals surface area contributed by atoms with Gasteiger partial charge in [0.05, 0.1) is 17.2 Å². The minimum atomic E-state index is -4.71. The first-order valence-corrected chi connectivity index (χ1v) is 8.70. The number of aryl methyl sites for hydroxylation is 1. The summed E-state index contributed by atoms with van der Waals surface area (Å²) in [6.07, 6.45) is -1.28. The molecule has 0 aliphatic rings. The Morgan fingerprint density at radius 1 is 1.37 bits per heavy atom. The summed E-state index contributed by atoms with van der Waals surface area (Å²) in [6.45, 7) is 0.456. The maximum absolute atomic E-state index is 13.0. The Kier molecular flexibility index (Phi) is 5.29. The van der Waals surface area contributed by atoms with E-state index in [2.05, 4.69) is 31.4 Å². The van der Waals surface area contributed by atoms with Gasteiger partial charge in [0.2, 0.25) is 0 Å². The third-order valence-corrected chi connectivity index (χ3v) is 4.37. The zero-order valence-corrected chi connectivity index (χ0v) is 16.1. The molecule has 0 saturated carbocycles. The minimum Gasteiger partial charge on any atom is -0.321 e. The van der Waals surface area contributed by atoms with Crippen molar-refractivity contribution in [2.45, 2.75) is 12.7 Å². The van der Waals surface area contributed by atoms with Gasteiger partial charge in [-0.05, 0) is 33.6 Å². The van der Waals surface area contributed by atoms with Crippen molar-refractivity contribution in [2.24, 2.45) is 7.05 Å². The Balaban J connectivity index is 1.80. The van der Waals surface area contributed by atoms with E-state index in [1.165, 1.54) is 0 Å². The number of aromatic nitrogens is 4. The van der Waals surface area contributed by atoms with Gasteiger partial charge in [0.15, 0.2) is 11.4 Å². The monoisotopic (exact) mass is 461 g/mol. The maximum Gasteiger partial charge on any atom is 0.434 e. The van der Waals surface area contributed by atoms with Gasteiger partial charge in [0, 0.05) is 18.9 Å². The quantitative estimate of drug-likeness (QED) is 0.627. The number of carbonyl (C=O) groups excluding carboxylic acids is 1. The lowest BCUT2D eigenvalue weighted by atomic mass is 10.2. The van der Waals surface area contributed by atoms with Crippen molar-refractivity contribution in [1.82, 2.24) is 19.6 Å². The van der Waals surface area contributed by atoms with Gasteiger partial charge in [-0.1, -0.05) is 23.7 Å². The number of nitrogens with one attached hydrogen (secondary N) is 1. The van der Waals surface area contributed by atoms with Crippen LogP contribution in [0.4, 0.5) is 18.9 Å². The molecule has 0 fully saturated rings. The van der Waals surface area contributed by atoms with Crippen molar-refractivity contribution in [1.29, 1.82) is 0 Å². The molecule has 27 heavy (non-hydrogen) atoms. The Morgan fingerprint density at radius 3 is 2.70 bits per heavy atom. The van der Waals surface area contributed by atoms with E-state index < -0.39 is 28.5 Å². The number of hydrogen-bond donors (Lipinski definition) is 1. The molecule has 2 aromatic heterocycles. The molecule has 0 spiro atoms. The van der Waals surface area contributed by atoms with Gasteiger partial charge in [-0.15, -0.1) is 0 Å². The summed E-state index contributed by atoms with van der Waals surface area (Å²) < 4.78 is 42.0. The number of carbonyl (C=O) groups is 1. The molecular formula is C16H12BrClF3N5O. The fraction of sp³-hybridized carbons (Fsp3) is 0.188. The van der Waals surface area contributed by atoms with E-state index in [1.807, 2.05) is 6.07 Å². The molecule has 3 aromatic rings. The third kappa shape index (κ3) is 4.33. The number of halogens is 5. The average Bonchev–Trinajstić information content (AvgIpc) is 3.09. The normalized spacial score (nSPS) is 11.6. The molecule has 0 bridgehead atoms. The second-order valence-electron chi connectivity index (χ2n) is 5.64. The van der Waals surface area contributed by atoms with Crippen molar-refractivity contribution < 1.29 is 18.0 Å². The molecule has 0 aliphatic carbocycles. The summed E-state index contributed by atoms with van der Waals surface area (Å²) in [7, 11) is 1.08. The number of nitrogens with zero attached hydrogens (tertiary/aromatic N) is 4. The largest absolute Gasteiger partial charge is 0.434 e. The minimum absolute atomic E-state index is 0.402. The Hall–Kier alpha value is -2.33. The molecule has 1 aromatic carbocycles. The first kappa shape index (κ1) is 19.4. The lowest BCUT2D eigenvalue weighted by Gasteiger charge is -2.07. The number of alkyl halides is 3. The van der Waals surface area contributed by atoms with Crippen molar-refractivity contribution in [2.75, 3.05) is 5.32 Å². The van der Waals surface area contributed by atoms with Crippen molar-refractivity contribution in [3.63, 3.8) is 0 Å². The summed E-state index contributed by atoms with van der Waals surface area (Å²) in [5, 5.41) is 9.52. The van der Waals surface area contributed by atoms with E-state index in [9.17, 15) is 18.0 Å². The van der Waals surface area contributed by atoms with Crippen LogP contribution in [0.5, 0.6) is 0 Å². The fourth-order valence-electron chi connectivity index (χ4n) is 2.50. The second-order valence-corrected chi connectivity index (χ2v) is 6.94. The zero-order valence-electron chi connectivity index (χ0n) is 13.8. The van der Waals surface area contributed by atoms with Crippen molar-refractivity contribution >= 4 is 39.1 Å². The summed E-state index contributed by atoms with van der Waals surface area (Å²) >= 11 is 9.04. The number of anilines is 1. The van der Waals surface area contributed by atoms with E-state index in [4.69, 9.17) is 11.6 Å². The maximum atomic E-state index is 13.0. The van der Waals surface area contributed by atoms with Crippen LogP contribution >= 0.6 is 27.5 Å². The van der Waals surface area contributed by atoms with Gasteiger partial charge in [0.25, 0.3) is 5.91 Å². The van der Waals surface area contributed by atoms with Crippen molar-refractivity contribution in [3.05, 3.63) is 63.1 Å². The molecule has 0 atom stereocenters. The van der Waals surface area contributed by atoms with Gasteiger partial charge in [0.1, 0.15) is 5.02 Å². The van der Waals surface area contributed by atoms with Crippen LogP contribution in [0.15, 0.2) is 41.1 Å². The van der Waals surface area contributed by atoms with E-state index in [1.54, 1.807) is 35.3 Å². The predicted octanol–water partition coefficient (Wildman–Crippen LogP) is 4.35. The van der Waals surface area contributed by atoms with Gasteiger partial charge in [-0.3, -0.25) is 14.2 Å². The van der Waals surface area contributed by atoms with E-state index in [0.717, 1.165) is 17.1 Å². The first-order chi connectivity index (χ1) is 12.6. The molecule has 0 radical (unpaired) electrons. The third-order valence-electron chi connectivity index (χ3n) is 3.60. The highest BCUT2D eigenvalue weighted by Gasteiger charge is 2.40. The topological polar surface area (TPSA) is 64.7 Å². The smallest absolute Gasteiger partial charge is 0.321 e. The fourth-order valence-corrected chi connectivity index (χ4v) is 3.18. The lowest BCUT2D eigenvalue weighted by molar-refractivity contribution is -0.143. The molecule has 0 unspecified atom stereocenters. The standard InChI is InChI=1S/C16H12BrClF3N5O/c1-25-14(16(19,20)21)12(18)13(24-25)15(27)23-11-4-2-3-9(5-11)7-26-8-10(17)6-22-26/h2-6,8H,7H2,1H3,(H,23,27). The Bertz CT molecular complexity index is 998. The van der Waals surface area contributed by atoms with Gasteiger partial charge < -0.3 is 5.32 Å². The summed E-state index contributed by atoms with van der Waals surface area (Å²) in [4.78, 5) is 12.3. The van der Waals surface area contributed by atoms with Crippen LogP contribution in [0.25, 0.3) is 0 Å². The van der Waals surface area contributed by atoms with Crippen molar-refractivity contribution in [3.8, 4) is 0 Å². The van der Waals surface area contributed by atoms with Gasteiger partial charge in [-0.25, -0.2) is 0 Å². The number of benzene rings is 1. The van der Waals surface area contributed by atoms with Crippen LogP contribution in [0.1, 0.15) is 21.7 Å². The Morgan fingerprint density at radius 2 is 2.11 bits per heavy atom. The molecule has 0 saturated heterocycles. The van der Waals surface area contributed by atoms with Crippen LogP contribution < -0.4 is 5.32 Å². The molecule has 6 nitrogen and oxygen atoms in total. The van der Waals surface area contributed by atoms with Crippen LogP contribution in [0.2, 0.25) is 5.02 Å². The van der Waals surface area contributed by atoms with Crippen LogP contribution in [0.3, 0.4) is 0 Å². The van der Waals surface area contributed by atoms with Crippen LogP contribution in [0, 0.1) is 0 Å². The molecule has 3 rings (SSSR count). The molecule has 1 amide bonds. The molecule has 1 N–H and O–H groups in total. The molecule has 142 valence electrons. The van der Waals surface area contributed by atoms with Crippen LogP contribution in [-0.4, -0.2) is 25.5 Å². The van der Waals surface area contributed by atoms with Crippen LogP contribution in [-0.2, 0) is 19.8 Å². The first-order valence-electron chi connectivity index (χ1n) is 7.53. The highest BCUT2D eigenvalue weighted by molar-refractivity contribution is 9.10.